The van der Waals surface area contributed by atoms with Crippen molar-refractivity contribution >= 4 is 21.0 Å². The van der Waals surface area contributed by atoms with Crippen LogP contribution >= 0.6 is 0 Å². The van der Waals surface area contributed by atoms with Crippen LogP contribution < -0.4 is 0 Å². The van der Waals surface area contributed by atoms with Gasteiger partial charge in [-0.3, -0.25) is 4.99 Å². The Morgan fingerprint density at radius 3 is 2.08 bits per heavy atom. The van der Waals surface area contributed by atoms with Crippen LogP contribution in [-0.4, -0.2) is 52.5 Å². The molecule has 0 unspecified atom stereocenters. The van der Waals surface area contributed by atoms with Gasteiger partial charge in [-0.2, -0.15) is 0 Å². The molecule has 1 N–H and O–H groups in total. The molecule has 0 aromatic heterocycles. The SMILES string of the molecule is CCO[Si](CCCN=Cc1ccc(C(=O)O)cc1)(OCC)OCC. The molecule has 24 heavy (non-hydrogen) atoms. The molecule has 0 radical (unpaired) electrons. The van der Waals surface area contributed by atoms with Gasteiger partial charge in [-0.05, 0) is 44.9 Å². The number of carbonyl (C=O) groups is 1. The van der Waals surface area contributed by atoms with E-state index in [2.05, 4.69) is 4.99 Å². The van der Waals surface area contributed by atoms with E-state index in [1.165, 1.54) is 0 Å². The number of nitrogens with zero attached hydrogens (tertiary/aromatic N) is 1. The van der Waals surface area contributed by atoms with E-state index in [9.17, 15) is 4.79 Å². The average Bonchev–Trinajstić information content (AvgIpc) is 2.56. The third-order valence-electron chi connectivity index (χ3n) is 3.26. The molecule has 1 aromatic rings. The van der Waals surface area contributed by atoms with Crippen molar-refractivity contribution in [2.45, 2.75) is 33.2 Å². The second kappa shape index (κ2) is 11.1. The number of rotatable bonds is 12. The Hall–Kier alpha value is -1.54. The first-order valence-corrected chi connectivity index (χ1v) is 10.2. The van der Waals surface area contributed by atoms with Crippen LogP contribution in [-0.2, 0) is 13.3 Å². The number of carboxylic acids is 1. The maximum absolute atomic E-state index is 10.8. The molecule has 0 saturated heterocycles. The van der Waals surface area contributed by atoms with Crippen molar-refractivity contribution in [3.05, 3.63) is 35.4 Å². The van der Waals surface area contributed by atoms with Gasteiger partial charge in [0.2, 0.25) is 0 Å². The number of carboxylic acid groups (broad SMARTS) is 1. The first-order valence-electron chi connectivity index (χ1n) is 8.32. The summed E-state index contributed by atoms with van der Waals surface area (Å²) in [4.78, 5) is 15.2. The van der Waals surface area contributed by atoms with E-state index in [1.807, 2.05) is 20.8 Å². The van der Waals surface area contributed by atoms with Crippen LogP contribution in [0.15, 0.2) is 29.3 Å². The lowest BCUT2D eigenvalue weighted by Crippen LogP contribution is -2.46. The highest BCUT2D eigenvalue weighted by molar-refractivity contribution is 6.60. The van der Waals surface area contributed by atoms with Gasteiger partial charge in [0.25, 0.3) is 0 Å². The van der Waals surface area contributed by atoms with Crippen molar-refractivity contribution < 1.29 is 23.2 Å². The molecule has 0 aliphatic heterocycles. The number of benzene rings is 1. The van der Waals surface area contributed by atoms with E-state index in [0.29, 0.717) is 26.4 Å². The van der Waals surface area contributed by atoms with Gasteiger partial charge in [0.1, 0.15) is 0 Å². The minimum absolute atomic E-state index is 0.271. The number of hydrogen-bond donors (Lipinski definition) is 1. The van der Waals surface area contributed by atoms with Gasteiger partial charge in [-0.1, -0.05) is 12.1 Å². The zero-order valence-corrected chi connectivity index (χ0v) is 15.7. The summed E-state index contributed by atoms with van der Waals surface area (Å²) in [6, 6.07) is 7.36. The molecule has 0 fully saturated rings. The summed E-state index contributed by atoms with van der Waals surface area (Å²) >= 11 is 0. The second-order valence-corrected chi connectivity index (χ2v) is 7.78. The molecule has 0 heterocycles. The highest BCUT2D eigenvalue weighted by Crippen LogP contribution is 2.18. The Labute approximate surface area is 144 Å². The largest absolute Gasteiger partial charge is 0.500 e. The third-order valence-corrected chi connectivity index (χ3v) is 6.41. The van der Waals surface area contributed by atoms with Crippen molar-refractivity contribution in [2.75, 3.05) is 26.4 Å². The minimum atomic E-state index is -2.58. The molecule has 0 saturated carbocycles. The molecule has 0 aliphatic carbocycles. The summed E-state index contributed by atoms with van der Waals surface area (Å²) in [6.45, 7) is 8.20. The molecule has 0 aliphatic rings. The molecule has 0 spiro atoms. The fraction of sp³-hybridized carbons (Fsp3) is 0.529. The number of aliphatic imine (C=N–C) groups is 1. The second-order valence-electron chi connectivity index (χ2n) is 5.05. The van der Waals surface area contributed by atoms with Crippen LogP contribution in [0, 0.1) is 0 Å². The summed E-state index contributed by atoms with van der Waals surface area (Å²) in [5.41, 5.74) is 1.15. The molecule has 1 aromatic carbocycles. The van der Waals surface area contributed by atoms with Crippen molar-refractivity contribution in [2.24, 2.45) is 4.99 Å². The monoisotopic (exact) mass is 353 g/mol. The predicted octanol–water partition coefficient (Wildman–Crippen LogP) is 3.24. The molecular formula is C17H27NO5Si. The van der Waals surface area contributed by atoms with Crippen LogP contribution in [0.4, 0.5) is 0 Å². The maximum Gasteiger partial charge on any atom is 0.500 e. The quantitative estimate of drug-likeness (QED) is 0.355. The van der Waals surface area contributed by atoms with E-state index >= 15 is 0 Å². The third kappa shape index (κ3) is 6.92. The molecule has 1 rings (SSSR count). The lowest BCUT2D eigenvalue weighted by atomic mass is 10.1. The van der Waals surface area contributed by atoms with Crippen LogP contribution in [0.2, 0.25) is 6.04 Å². The van der Waals surface area contributed by atoms with E-state index in [1.54, 1.807) is 30.5 Å². The van der Waals surface area contributed by atoms with Gasteiger partial charge < -0.3 is 18.4 Å². The Bertz CT molecular complexity index is 501. The summed E-state index contributed by atoms with van der Waals surface area (Å²) in [6.07, 6.45) is 2.56. The zero-order chi connectivity index (χ0) is 17.8. The van der Waals surface area contributed by atoms with Crippen LogP contribution in [0.5, 0.6) is 0 Å². The van der Waals surface area contributed by atoms with Gasteiger partial charge >= 0.3 is 14.8 Å². The van der Waals surface area contributed by atoms with Crippen molar-refractivity contribution in [1.29, 1.82) is 0 Å². The Kier molecular flexibility index (Phi) is 9.47. The first kappa shape index (κ1) is 20.5. The molecule has 0 bridgehead atoms. The fourth-order valence-corrected chi connectivity index (χ4v) is 4.86. The van der Waals surface area contributed by atoms with Crippen LogP contribution in [0.1, 0.15) is 43.1 Å². The fourth-order valence-electron chi connectivity index (χ4n) is 2.27. The Morgan fingerprint density at radius 2 is 1.62 bits per heavy atom. The topological polar surface area (TPSA) is 77.4 Å². The van der Waals surface area contributed by atoms with Crippen molar-refractivity contribution in [3.8, 4) is 0 Å². The maximum atomic E-state index is 10.8. The number of aromatic carboxylic acids is 1. The van der Waals surface area contributed by atoms with Crippen LogP contribution in [0.25, 0.3) is 0 Å². The lowest BCUT2D eigenvalue weighted by molar-refractivity contribution is 0.0692. The predicted molar refractivity (Wildman–Crippen MR) is 95.9 cm³/mol. The smallest absolute Gasteiger partial charge is 0.478 e. The zero-order valence-electron chi connectivity index (χ0n) is 14.7. The van der Waals surface area contributed by atoms with E-state index in [4.69, 9.17) is 18.4 Å². The highest BCUT2D eigenvalue weighted by Gasteiger charge is 2.39. The molecule has 7 heteroatoms. The van der Waals surface area contributed by atoms with Crippen molar-refractivity contribution in [1.82, 2.24) is 0 Å². The lowest BCUT2D eigenvalue weighted by Gasteiger charge is -2.28. The van der Waals surface area contributed by atoms with E-state index in [0.717, 1.165) is 18.0 Å². The molecule has 134 valence electrons. The van der Waals surface area contributed by atoms with Gasteiger partial charge in [0.15, 0.2) is 0 Å². The summed E-state index contributed by atoms with van der Waals surface area (Å²) in [7, 11) is -2.58. The summed E-state index contributed by atoms with van der Waals surface area (Å²) in [5.74, 6) is -0.928. The Balaban J connectivity index is 2.50. The molecular weight excluding hydrogens is 326 g/mol. The van der Waals surface area contributed by atoms with E-state index in [-0.39, 0.29) is 5.56 Å². The minimum Gasteiger partial charge on any atom is -0.478 e. The highest BCUT2D eigenvalue weighted by atomic mass is 28.4. The summed E-state index contributed by atoms with van der Waals surface area (Å²) in [5, 5.41) is 8.86. The van der Waals surface area contributed by atoms with Gasteiger partial charge in [0, 0.05) is 38.6 Å². The summed E-state index contributed by atoms with van der Waals surface area (Å²) < 4.78 is 17.4. The number of hydrogen-bond acceptors (Lipinski definition) is 5. The van der Waals surface area contributed by atoms with Crippen LogP contribution in [0.3, 0.4) is 0 Å². The Morgan fingerprint density at radius 1 is 1.08 bits per heavy atom. The standard InChI is InChI=1S/C17H27NO5Si/c1-4-21-24(22-5-2,23-6-3)13-7-12-18-14-15-8-10-16(11-9-15)17(19)20/h8-11,14H,4-7,12-13H2,1-3H3,(H,19,20). The molecule has 0 atom stereocenters. The average molecular weight is 353 g/mol. The normalized spacial score (nSPS) is 12.0. The molecule has 6 nitrogen and oxygen atoms in total. The van der Waals surface area contributed by atoms with Gasteiger partial charge in [-0.15, -0.1) is 0 Å². The first-order chi connectivity index (χ1) is 11.6. The molecule has 0 amide bonds. The van der Waals surface area contributed by atoms with Gasteiger partial charge in [0.05, 0.1) is 5.56 Å². The van der Waals surface area contributed by atoms with Gasteiger partial charge in [-0.25, -0.2) is 4.79 Å². The van der Waals surface area contributed by atoms with Crippen molar-refractivity contribution in [3.63, 3.8) is 0 Å². The van der Waals surface area contributed by atoms with E-state index < -0.39 is 14.8 Å².